The molecule has 0 atom stereocenters. The van der Waals surface area contributed by atoms with E-state index in [0.717, 1.165) is 0 Å². The molecular formula is C60H42N4. The lowest BCUT2D eigenvalue weighted by Crippen LogP contribution is -2.34. The normalized spacial score (nSPS) is 14.8. The van der Waals surface area contributed by atoms with Crippen LogP contribution in [-0.2, 0) is 10.8 Å². The molecule has 0 bridgehead atoms. The van der Waals surface area contributed by atoms with Crippen LogP contribution in [0.15, 0.2) is 182 Å². The van der Waals surface area contributed by atoms with Crippen LogP contribution in [0.5, 0.6) is 0 Å². The second-order valence-corrected chi connectivity index (χ2v) is 19.4. The summed E-state index contributed by atoms with van der Waals surface area (Å²) in [6.07, 6.45) is 0. The zero-order chi connectivity index (χ0) is 42.4. The van der Waals surface area contributed by atoms with Crippen LogP contribution in [0.25, 0.3) is 110 Å². The van der Waals surface area contributed by atoms with Gasteiger partial charge in [0.05, 0.1) is 49.8 Å². The lowest BCUT2D eigenvalue weighted by molar-refractivity contribution is 0.592. The Kier molecular flexibility index (Phi) is 6.29. The average Bonchev–Trinajstić information content (AvgIpc) is 4.05. The fourth-order valence-corrected chi connectivity index (χ4v) is 12.5. The van der Waals surface area contributed by atoms with Crippen molar-refractivity contribution in [3.05, 3.63) is 204 Å². The van der Waals surface area contributed by atoms with Gasteiger partial charge in [0.2, 0.25) is 0 Å². The Labute approximate surface area is 369 Å². The number of benzene rings is 9. The summed E-state index contributed by atoms with van der Waals surface area (Å²) in [5.74, 6) is 0. The van der Waals surface area contributed by atoms with Crippen molar-refractivity contribution >= 4 is 87.2 Å². The molecule has 0 aliphatic carbocycles. The summed E-state index contributed by atoms with van der Waals surface area (Å²) < 4.78 is 10.2. The number of para-hydroxylation sites is 6. The van der Waals surface area contributed by atoms with Crippen LogP contribution in [0.4, 0.5) is 0 Å². The summed E-state index contributed by atoms with van der Waals surface area (Å²) in [6, 6.07) is 68.5. The SMILES string of the molecule is CC1(C)c2cc(-n3c4ccccc4c4ccccc43)cc3c2-n2c4c1cc(-n1c5ccccc5c5ccccc51)cc4c1cc(-n4c5ccccc5c5ccccc54)cc(c12)C3(C)C. The van der Waals surface area contributed by atoms with Crippen LogP contribution < -0.4 is 0 Å². The Bertz CT molecular complexity index is 3880. The van der Waals surface area contributed by atoms with Gasteiger partial charge in [0, 0.05) is 71.0 Å². The molecule has 0 amide bonds. The standard InChI is InChI=1S/C60H42N4/c1-59(2)46-31-35(61-50-23-11-5-17-38(50)39-18-6-12-24-51(39)61)29-44-45-30-36(62-52-25-13-7-19-40(52)41-20-8-14-26-53(41)62)32-47-57(45)64(56(44)46)58-48(59)33-37(34-49(58)60(47,3)4)63-54-27-15-9-21-42(54)43-22-10-16-28-55(43)63/h5-34H,1-4H3. The molecule has 0 unspecified atom stereocenters. The molecule has 0 saturated heterocycles. The highest BCUT2D eigenvalue weighted by atomic mass is 15.1. The Balaban J connectivity index is 1.13. The third-order valence-corrected chi connectivity index (χ3v) is 15.5. The largest absolute Gasteiger partial charge is 0.309 e. The highest BCUT2D eigenvalue weighted by molar-refractivity contribution is 6.17. The molecule has 4 nitrogen and oxygen atoms in total. The Morgan fingerprint density at radius 2 is 0.516 bits per heavy atom. The molecule has 0 spiro atoms. The number of nitrogens with zero attached hydrogens (tertiary/aromatic N) is 4. The monoisotopic (exact) mass is 818 g/mol. The summed E-state index contributed by atoms with van der Waals surface area (Å²) in [7, 11) is 0. The van der Waals surface area contributed by atoms with Crippen LogP contribution in [0.1, 0.15) is 49.9 Å². The van der Waals surface area contributed by atoms with E-state index in [1.807, 2.05) is 0 Å². The lowest BCUT2D eigenvalue weighted by Gasteiger charge is -2.42. The van der Waals surface area contributed by atoms with Gasteiger partial charge in [0.1, 0.15) is 0 Å². The zero-order valence-corrected chi connectivity index (χ0v) is 36.1. The van der Waals surface area contributed by atoms with Crippen molar-refractivity contribution in [2.45, 2.75) is 38.5 Å². The number of hydrogen-bond donors (Lipinski definition) is 0. The average molecular weight is 819 g/mol. The minimum Gasteiger partial charge on any atom is -0.309 e. The van der Waals surface area contributed by atoms with Crippen LogP contribution in [0, 0.1) is 0 Å². The van der Waals surface area contributed by atoms with Gasteiger partial charge in [-0.1, -0.05) is 137 Å². The van der Waals surface area contributed by atoms with Gasteiger partial charge in [-0.05, 0) is 95.1 Å². The molecule has 302 valence electrons. The van der Waals surface area contributed by atoms with Gasteiger partial charge >= 0.3 is 0 Å². The maximum Gasteiger partial charge on any atom is 0.0583 e. The molecule has 6 heterocycles. The molecule has 2 aliphatic heterocycles. The van der Waals surface area contributed by atoms with E-state index in [1.54, 1.807) is 0 Å². The molecule has 4 aromatic heterocycles. The summed E-state index contributed by atoms with van der Waals surface area (Å²) in [5, 5.41) is 10.2. The van der Waals surface area contributed by atoms with E-state index in [1.165, 1.54) is 132 Å². The van der Waals surface area contributed by atoms with Gasteiger partial charge in [0.25, 0.3) is 0 Å². The topological polar surface area (TPSA) is 19.7 Å². The quantitative estimate of drug-likeness (QED) is 0.169. The fourth-order valence-electron chi connectivity index (χ4n) is 12.5. The van der Waals surface area contributed by atoms with Crippen LogP contribution in [0.2, 0.25) is 0 Å². The maximum absolute atomic E-state index is 2.68. The van der Waals surface area contributed by atoms with Crippen molar-refractivity contribution in [3.8, 4) is 22.7 Å². The van der Waals surface area contributed by atoms with Crippen LogP contribution in [-0.4, -0.2) is 18.3 Å². The van der Waals surface area contributed by atoms with Gasteiger partial charge in [-0.15, -0.1) is 0 Å². The molecule has 0 saturated carbocycles. The third-order valence-electron chi connectivity index (χ3n) is 15.5. The minimum atomic E-state index is -0.348. The van der Waals surface area contributed by atoms with E-state index in [0.29, 0.717) is 0 Å². The first-order chi connectivity index (χ1) is 31.3. The van der Waals surface area contributed by atoms with Crippen molar-refractivity contribution in [3.63, 3.8) is 0 Å². The van der Waals surface area contributed by atoms with Crippen molar-refractivity contribution in [1.82, 2.24) is 18.3 Å². The highest BCUT2D eigenvalue weighted by Crippen LogP contribution is 2.57. The predicted molar refractivity (Wildman–Crippen MR) is 268 cm³/mol. The molecule has 0 radical (unpaired) electrons. The van der Waals surface area contributed by atoms with Crippen LogP contribution in [0.3, 0.4) is 0 Å². The lowest BCUT2D eigenvalue weighted by atomic mass is 9.68. The minimum absolute atomic E-state index is 0.348. The second kappa shape index (κ2) is 11.6. The smallest absolute Gasteiger partial charge is 0.0583 e. The van der Waals surface area contributed by atoms with Crippen LogP contribution >= 0.6 is 0 Å². The molecule has 0 N–H and O–H groups in total. The molecule has 9 aromatic carbocycles. The Hall–Kier alpha value is -7.82. The van der Waals surface area contributed by atoms with Gasteiger partial charge in [-0.25, -0.2) is 0 Å². The molecule has 2 aliphatic rings. The number of rotatable bonds is 3. The molecule has 13 aromatic rings. The first-order valence-electron chi connectivity index (χ1n) is 22.6. The summed E-state index contributed by atoms with van der Waals surface area (Å²) in [5.41, 5.74) is 19.6. The zero-order valence-electron chi connectivity index (χ0n) is 36.1. The van der Waals surface area contributed by atoms with E-state index in [9.17, 15) is 0 Å². The van der Waals surface area contributed by atoms with E-state index >= 15 is 0 Å². The number of aromatic nitrogens is 4. The molecule has 64 heavy (non-hydrogen) atoms. The van der Waals surface area contributed by atoms with Crippen molar-refractivity contribution in [2.75, 3.05) is 0 Å². The summed E-state index contributed by atoms with van der Waals surface area (Å²) in [4.78, 5) is 0. The predicted octanol–water partition coefficient (Wildman–Crippen LogP) is 15.4. The van der Waals surface area contributed by atoms with E-state index < -0.39 is 0 Å². The van der Waals surface area contributed by atoms with Gasteiger partial charge in [-0.3, -0.25) is 0 Å². The highest BCUT2D eigenvalue weighted by Gasteiger charge is 2.45. The molecule has 4 heteroatoms. The van der Waals surface area contributed by atoms with Crippen molar-refractivity contribution in [1.29, 1.82) is 0 Å². The van der Waals surface area contributed by atoms with E-state index in [2.05, 4.69) is 228 Å². The van der Waals surface area contributed by atoms with Gasteiger partial charge in [-0.2, -0.15) is 0 Å². The third kappa shape index (κ3) is 4.06. The van der Waals surface area contributed by atoms with Crippen molar-refractivity contribution in [2.24, 2.45) is 0 Å². The van der Waals surface area contributed by atoms with E-state index in [-0.39, 0.29) is 10.8 Å². The Morgan fingerprint density at radius 1 is 0.266 bits per heavy atom. The first-order valence-corrected chi connectivity index (χ1v) is 22.6. The maximum atomic E-state index is 2.68. The number of fused-ring (bicyclic) bond motifs is 10. The molecule has 0 fully saturated rings. The first kappa shape index (κ1) is 34.7. The van der Waals surface area contributed by atoms with E-state index in [4.69, 9.17) is 0 Å². The fraction of sp³-hybridized carbons (Fsp3) is 0.100. The van der Waals surface area contributed by atoms with Gasteiger partial charge in [0.15, 0.2) is 0 Å². The Morgan fingerprint density at radius 3 is 0.812 bits per heavy atom. The number of hydrogen-bond acceptors (Lipinski definition) is 0. The second-order valence-electron chi connectivity index (χ2n) is 19.4. The van der Waals surface area contributed by atoms with Crippen molar-refractivity contribution < 1.29 is 0 Å². The summed E-state index contributed by atoms with van der Waals surface area (Å²) in [6.45, 7) is 9.87. The van der Waals surface area contributed by atoms with Gasteiger partial charge < -0.3 is 18.3 Å². The summed E-state index contributed by atoms with van der Waals surface area (Å²) >= 11 is 0. The molecule has 15 rings (SSSR count). The molecular weight excluding hydrogens is 777 g/mol.